The van der Waals surface area contributed by atoms with E-state index in [2.05, 4.69) is 5.10 Å². The van der Waals surface area contributed by atoms with Crippen LogP contribution in [-0.2, 0) is 6.54 Å². The number of benzene rings is 1. The zero-order valence-corrected chi connectivity index (χ0v) is 9.20. The van der Waals surface area contributed by atoms with E-state index in [1.54, 1.807) is 6.07 Å². The van der Waals surface area contributed by atoms with E-state index in [0.717, 1.165) is 11.1 Å². The lowest BCUT2D eigenvalue weighted by Gasteiger charge is -2.05. The first-order chi connectivity index (χ1) is 7.15. The molecule has 4 heteroatoms. The molecule has 0 fully saturated rings. The zero-order valence-electron chi connectivity index (χ0n) is 8.44. The first-order valence-electron chi connectivity index (χ1n) is 4.68. The molecule has 0 aliphatic rings. The molecule has 0 amide bonds. The molecular formula is C11H12ClN3. The Labute approximate surface area is 93.5 Å². The zero-order chi connectivity index (χ0) is 10.8. The molecule has 2 aromatic rings. The Morgan fingerprint density at radius 3 is 2.87 bits per heavy atom. The Morgan fingerprint density at radius 1 is 1.47 bits per heavy atom. The molecule has 3 nitrogen and oxygen atoms in total. The maximum absolute atomic E-state index is 6.07. The summed E-state index contributed by atoms with van der Waals surface area (Å²) in [5.41, 5.74) is 8.46. The van der Waals surface area contributed by atoms with E-state index in [1.165, 1.54) is 0 Å². The molecule has 0 saturated heterocycles. The minimum Gasteiger partial charge on any atom is -0.399 e. The van der Waals surface area contributed by atoms with Gasteiger partial charge in [-0.25, -0.2) is 0 Å². The van der Waals surface area contributed by atoms with Crippen LogP contribution >= 0.6 is 11.6 Å². The third-order valence-corrected chi connectivity index (χ3v) is 2.52. The fraction of sp³-hybridized carbons (Fsp3) is 0.182. The lowest BCUT2D eigenvalue weighted by Crippen LogP contribution is -2.00. The molecule has 1 aromatic carbocycles. The van der Waals surface area contributed by atoms with Crippen LogP contribution in [0.4, 0.5) is 5.69 Å². The molecule has 78 valence electrons. The van der Waals surface area contributed by atoms with Crippen LogP contribution in [0.5, 0.6) is 0 Å². The molecule has 0 spiro atoms. The van der Waals surface area contributed by atoms with Crippen LogP contribution < -0.4 is 5.73 Å². The maximum Gasteiger partial charge on any atom is 0.0674 e. The number of aromatic nitrogens is 2. The van der Waals surface area contributed by atoms with E-state index in [0.29, 0.717) is 17.3 Å². The van der Waals surface area contributed by atoms with Gasteiger partial charge in [-0.2, -0.15) is 5.10 Å². The van der Waals surface area contributed by atoms with Gasteiger partial charge in [-0.05, 0) is 30.2 Å². The highest BCUT2D eigenvalue weighted by molar-refractivity contribution is 6.31. The van der Waals surface area contributed by atoms with Crippen LogP contribution in [0.25, 0.3) is 0 Å². The van der Waals surface area contributed by atoms with Gasteiger partial charge >= 0.3 is 0 Å². The normalized spacial score (nSPS) is 10.5. The predicted molar refractivity (Wildman–Crippen MR) is 61.9 cm³/mol. The number of hydrogen-bond donors (Lipinski definition) is 1. The van der Waals surface area contributed by atoms with Crippen molar-refractivity contribution >= 4 is 17.3 Å². The average molecular weight is 222 g/mol. The van der Waals surface area contributed by atoms with Gasteiger partial charge in [0, 0.05) is 16.9 Å². The van der Waals surface area contributed by atoms with Gasteiger partial charge in [0.1, 0.15) is 0 Å². The summed E-state index contributed by atoms with van der Waals surface area (Å²) in [4.78, 5) is 0. The van der Waals surface area contributed by atoms with Gasteiger partial charge in [0.2, 0.25) is 0 Å². The summed E-state index contributed by atoms with van der Waals surface area (Å²) < 4.78 is 1.85. The minimum absolute atomic E-state index is 0.674. The van der Waals surface area contributed by atoms with Crippen molar-refractivity contribution in [3.05, 3.63) is 46.7 Å². The summed E-state index contributed by atoms with van der Waals surface area (Å²) in [7, 11) is 0. The van der Waals surface area contributed by atoms with E-state index in [1.807, 2.05) is 36.1 Å². The van der Waals surface area contributed by atoms with E-state index in [9.17, 15) is 0 Å². The molecule has 15 heavy (non-hydrogen) atoms. The molecule has 0 aliphatic carbocycles. The van der Waals surface area contributed by atoms with Crippen molar-refractivity contribution in [2.24, 2.45) is 0 Å². The van der Waals surface area contributed by atoms with Gasteiger partial charge in [0.15, 0.2) is 0 Å². The van der Waals surface area contributed by atoms with Gasteiger partial charge in [-0.1, -0.05) is 17.7 Å². The molecular weight excluding hydrogens is 210 g/mol. The highest BCUT2D eigenvalue weighted by atomic mass is 35.5. The van der Waals surface area contributed by atoms with Crippen molar-refractivity contribution in [2.75, 3.05) is 5.73 Å². The highest BCUT2D eigenvalue weighted by Gasteiger charge is 2.02. The van der Waals surface area contributed by atoms with Gasteiger partial charge in [-0.3, -0.25) is 4.68 Å². The van der Waals surface area contributed by atoms with Crippen molar-refractivity contribution in [3.8, 4) is 0 Å². The number of halogens is 1. The van der Waals surface area contributed by atoms with Crippen LogP contribution in [0.3, 0.4) is 0 Å². The molecule has 2 rings (SSSR count). The number of rotatable bonds is 2. The quantitative estimate of drug-likeness (QED) is 0.792. The smallest absolute Gasteiger partial charge is 0.0674 e. The van der Waals surface area contributed by atoms with Crippen LogP contribution in [0.1, 0.15) is 11.1 Å². The van der Waals surface area contributed by atoms with Crippen molar-refractivity contribution < 1.29 is 0 Å². The highest BCUT2D eigenvalue weighted by Crippen LogP contribution is 2.19. The lowest BCUT2D eigenvalue weighted by molar-refractivity contribution is 0.687. The van der Waals surface area contributed by atoms with Crippen molar-refractivity contribution in [1.82, 2.24) is 9.78 Å². The van der Waals surface area contributed by atoms with Gasteiger partial charge in [0.25, 0.3) is 0 Å². The summed E-state index contributed by atoms with van der Waals surface area (Å²) in [5.74, 6) is 0. The standard InChI is InChI=1S/C11H12ClN3/c1-8-5-14-15(6-8)7-9-2-3-10(13)4-11(9)12/h2-6H,7,13H2,1H3. The number of nitrogen functional groups attached to an aromatic ring is 1. The summed E-state index contributed by atoms with van der Waals surface area (Å²) in [5, 5.41) is 4.88. The molecule has 0 saturated carbocycles. The van der Waals surface area contributed by atoms with Crippen LogP contribution in [-0.4, -0.2) is 9.78 Å². The molecule has 0 aliphatic heterocycles. The molecule has 2 N–H and O–H groups in total. The van der Waals surface area contributed by atoms with Crippen molar-refractivity contribution in [3.63, 3.8) is 0 Å². The Morgan fingerprint density at radius 2 is 2.27 bits per heavy atom. The van der Waals surface area contributed by atoms with Gasteiger partial charge in [-0.15, -0.1) is 0 Å². The second-order valence-corrected chi connectivity index (χ2v) is 3.97. The van der Waals surface area contributed by atoms with Gasteiger partial charge in [0.05, 0.1) is 12.7 Å². The van der Waals surface area contributed by atoms with Crippen molar-refractivity contribution in [1.29, 1.82) is 0 Å². The summed E-state index contributed by atoms with van der Waals surface area (Å²) in [6.45, 7) is 2.68. The third kappa shape index (κ3) is 2.30. The predicted octanol–water partition coefficient (Wildman–Crippen LogP) is 2.48. The van der Waals surface area contributed by atoms with Gasteiger partial charge < -0.3 is 5.73 Å². The molecule has 0 radical (unpaired) electrons. The van der Waals surface area contributed by atoms with Crippen LogP contribution in [0, 0.1) is 6.92 Å². The monoisotopic (exact) mass is 221 g/mol. The summed E-state index contributed by atoms with van der Waals surface area (Å²) in [6, 6.07) is 5.53. The summed E-state index contributed by atoms with van der Waals surface area (Å²) >= 11 is 6.07. The second-order valence-electron chi connectivity index (χ2n) is 3.57. The lowest BCUT2D eigenvalue weighted by atomic mass is 10.2. The molecule has 1 heterocycles. The molecule has 0 bridgehead atoms. The SMILES string of the molecule is Cc1cnn(Cc2ccc(N)cc2Cl)c1. The average Bonchev–Trinajstić information content (AvgIpc) is 2.56. The maximum atomic E-state index is 6.07. The van der Waals surface area contributed by atoms with E-state index in [4.69, 9.17) is 17.3 Å². The van der Waals surface area contributed by atoms with E-state index >= 15 is 0 Å². The molecule has 0 unspecified atom stereocenters. The number of hydrogen-bond acceptors (Lipinski definition) is 2. The van der Waals surface area contributed by atoms with Crippen molar-refractivity contribution in [2.45, 2.75) is 13.5 Å². The fourth-order valence-electron chi connectivity index (χ4n) is 1.42. The Kier molecular flexibility index (Phi) is 2.64. The summed E-state index contributed by atoms with van der Waals surface area (Å²) in [6.07, 6.45) is 3.80. The second kappa shape index (κ2) is 3.95. The largest absolute Gasteiger partial charge is 0.399 e. The first-order valence-corrected chi connectivity index (χ1v) is 5.06. The Bertz CT molecular complexity index is 476. The number of nitrogens with two attached hydrogens (primary N) is 1. The molecule has 0 atom stereocenters. The molecule has 1 aromatic heterocycles. The van der Waals surface area contributed by atoms with Crippen LogP contribution in [0.2, 0.25) is 5.02 Å². The first kappa shape index (κ1) is 10.1. The number of aryl methyl sites for hydroxylation is 1. The minimum atomic E-state index is 0.674. The number of anilines is 1. The fourth-order valence-corrected chi connectivity index (χ4v) is 1.67. The van der Waals surface area contributed by atoms with E-state index in [-0.39, 0.29) is 0 Å². The Hall–Kier alpha value is -1.48. The van der Waals surface area contributed by atoms with E-state index < -0.39 is 0 Å². The Balaban J connectivity index is 2.24. The third-order valence-electron chi connectivity index (χ3n) is 2.17. The topological polar surface area (TPSA) is 43.8 Å². The van der Waals surface area contributed by atoms with Crippen LogP contribution in [0.15, 0.2) is 30.6 Å². The number of nitrogens with zero attached hydrogens (tertiary/aromatic N) is 2.